The predicted octanol–water partition coefficient (Wildman–Crippen LogP) is 1.92. The molecule has 9 nitrogen and oxygen atoms in total. The number of aromatic nitrogens is 4. The summed E-state index contributed by atoms with van der Waals surface area (Å²) in [6, 6.07) is 5.80. The van der Waals surface area contributed by atoms with Gasteiger partial charge in [0.25, 0.3) is 11.1 Å². The Morgan fingerprint density at radius 1 is 1.21 bits per heavy atom. The molecule has 0 spiro atoms. The van der Waals surface area contributed by atoms with Gasteiger partial charge in [-0.3, -0.25) is 9.78 Å². The van der Waals surface area contributed by atoms with Gasteiger partial charge in [-0.25, -0.2) is 13.5 Å². The highest BCUT2D eigenvalue weighted by Gasteiger charge is 2.26. The lowest BCUT2D eigenvalue weighted by Gasteiger charge is -2.36. The van der Waals surface area contributed by atoms with Crippen LogP contribution >= 0.6 is 12.2 Å². The van der Waals surface area contributed by atoms with Crippen molar-refractivity contribution in [3.8, 4) is 5.69 Å². The molecule has 1 aromatic carbocycles. The molecule has 1 amide bonds. The average Bonchev–Trinajstić information content (AvgIpc) is 3.32. The second kappa shape index (κ2) is 9.86. The molecule has 0 saturated carbocycles. The van der Waals surface area contributed by atoms with Crippen LogP contribution in [-0.4, -0.2) is 69.2 Å². The van der Waals surface area contributed by atoms with Crippen LogP contribution in [0.4, 0.5) is 14.5 Å². The van der Waals surface area contributed by atoms with Gasteiger partial charge in [0.05, 0.1) is 31.1 Å². The summed E-state index contributed by atoms with van der Waals surface area (Å²) in [5.74, 6) is -1.58. The van der Waals surface area contributed by atoms with E-state index >= 15 is 0 Å². The van der Waals surface area contributed by atoms with Crippen LogP contribution in [0, 0.1) is 11.6 Å². The molecule has 0 unspecified atom stereocenters. The molecule has 0 bridgehead atoms. The van der Waals surface area contributed by atoms with Crippen LogP contribution in [0.15, 0.2) is 42.9 Å². The third kappa shape index (κ3) is 5.06. The lowest BCUT2D eigenvalue weighted by atomic mass is 10.2. The van der Waals surface area contributed by atoms with Crippen molar-refractivity contribution in [1.82, 2.24) is 30.2 Å². The Morgan fingerprint density at radius 2 is 1.94 bits per heavy atom. The minimum atomic E-state index is -0.715. The van der Waals surface area contributed by atoms with Crippen molar-refractivity contribution in [2.45, 2.75) is 6.54 Å². The fourth-order valence-electron chi connectivity index (χ4n) is 3.53. The normalized spacial score (nSPS) is 13.7. The monoisotopic (exact) mass is 473 g/mol. The first-order valence-corrected chi connectivity index (χ1v) is 10.5. The average molecular weight is 474 g/mol. The molecule has 3 aromatic rings. The first kappa shape index (κ1) is 22.5. The van der Waals surface area contributed by atoms with Crippen LogP contribution in [0.5, 0.6) is 0 Å². The van der Waals surface area contributed by atoms with Gasteiger partial charge < -0.3 is 19.9 Å². The number of amides is 1. The fourth-order valence-corrected chi connectivity index (χ4v) is 3.60. The van der Waals surface area contributed by atoms with E-state index in [0.717, 1.165) is 0 Å². The van der Waals surface area contributed by atoms with Crippen molar-refractivity contribution in [3.63, 3.8) is 0 Å². The summed E-state index contributed by atoms with van der Waals surface area (Å²) >= 11 is 4.89. The zero-order chi connectivity index (χ0) is 23.4. The minimum Gasteiger partial charge on any atom is -0.474 e. The molecule has 12 heteroatoms. The summed E-state index contributed by atoms with van der Waals surface area (Å²) in [6.45, 7) is 1.56. The number of ether oxygens (including phenoxy) is 1. The number of rotatable bonds is 5. The highest BCUT2D eigenvalue weighted by atomic mass is 32.1. The molecule has 0 atom stereocenters. The molecule has 1 fully saturated rings. The first-order chi connectivity index (χ1) is 16.0. The van der Waals surface area contributed by atoms with Crippen LogP contribution in [0.2, 0.25) is 0 Å². The van der Waals surface area contributed by atoms with Crippen molar-refractivity contribution >= 4 is 29.0 Å². The number of hydrogen-bond donors (Lipinski definition) is 1. The fraction of sp³-hybridized carbons (Fsp3) is 0.286. The second-order valence-corrected chi connectivity index (χ2v) is 7.65. The number of anilines is 1. The van der Waals surface area contributed by atoms with Crippen molar-refractivity contribution in [2.75, 3.05) is 38.2 Å². The summed E-state index contributed by atoms with van der Waals surface area (Å²) in [7, 11) is 1.44. The number of carbonyl (C=O) groups excluding carboxylic acids is 1. The molecule has 0 aliphatic carbocycles. The lowest BCUT2D eigenvalue weighted by molar-refractivity contribution is 0.0746. The van der Waals surface area contributed by atoms with Crippen LogP contribution < -0.4 is 10.2 Å². The number of nitrogens with zero attached hydrogens (tertiary/aromatic N) is 6. The molecule has 172 valence electrons. The molecule has 1 saturated heterocycles. The maximum absolute atomic E-state index is 14.9. The van der Waals surface area contributed by atoms with Gasteiger partial charge in [-0.2, -0.15) is 0 Å². The van der Waals surface area contributed by atoms with Crippen molar-refractivity contribution < 1.29 is 18.3 Å². The van der Waals surface area contributed by atoms with E-state index < -0.39 is 11.6 Å². The van der Waals surface area contributed by atoms with Gasteiger partial charge in [-0.15, -0.1) is 5.10 Å². The van der Waals surface area contributed by atoms with Crippen molar-refractivity contribution in [2.24, 2.45) is 0 Å². The number of thiocarbonyl (C=S) groups is 1. The van der Waals surface area contributed by atoms with E-state index in [-0.39, 0.29) is 29.0 Å². The number of halogens is 2. The summed E-state index contributed by atoms with van der Waals surface area (Å²) in [5, 5.41) is 10.9. The molecule has 1 aliphatic rings. The van der Waals surface area contributed by atoms with Gasteiger partial charge in [-0.1, -0.05) is 5.21 Å². The SMILES string of the molecule is COC(=S)NCc1cn(-c2cc(F)c(N3CCN(C(=O)c4cccnc4)CC3)c(F)c2)nn1. The van der Waals surface area contributed by atoms with E-state index in [1.165, 1.54) is 30.1 Å². The van der Waals surface area contributed by atoms with Crippen molar-refractivity contribution in [1.29, 1.82) is 0 Å². The van der Waals surface area contributed by atoms with E-state index in [9.17, 15) is 13.6 Å². The highest BCUT2D eigenvalue weighted by Crippen LogP contribution is 2.27. The molecule has 33 heavy (non-hydrogen) atoms. The van der Waals surface area contributed by atoms with Gasteiger partial charge in [0.15, 0.2) is 11.6 Å². The summed E-state index contributed by atoms with van der Waals surface area (Å²) < 4.78 is 36.0. The standard InChI is InChI=1S/C21H21F2N7O2S/c1-32-21(33)25-12-15-13-30(27-26-15)16-9-17(22)19(18(23)10-16)28-5-7-29(8-6-28)20(31)14-3-2-4-24-11-14/h2-4,9-11,13H,5-8,12H2,1H3,(H,25,33). The maximum Gasteiger partial charge on any atom is 0.256 e. The lowest BCUT2D eigenvalue weighted by Crippen LogP contribution is -2.49. The molecule has 1 aliphatic heterocycles. The van der Waals surface area contributed by atoms with Crippen LogP contribution in [0.3, 0.4) is 0 Å². The largest absolute Gasteiger partial charge is 0.474 e. The van der Waals surface area contributed by atoms with Gasteiger partial charge in [0, 0.05) is 50.7 Å². The van der Waals surface area contributed by atoms with E-state index in [4.69, 9.17) is 17.0 Å². The number of nitrogens with one attached hydrogen (secondary N) is 1. The van der Waals surface area contributed by atoms with Gasteiger partial charge in [0.2, 0.25) is 0 Å². The number of hydrogen-bond acceptors (Lipinski definition) is 7. The molecular formula is C21H21F2N7O2S. The number of methoxy groups -OCH3 is 1. The Hall–Kier alpha value is -3.67. The Labute approximate surface area is 194 Å². The predicted molar refractivity (Wildman–Crippen MR) is 120 cm³/mol. The van der Waals surface area contributed by atoms with Crippen molar-refractivity contribution in [3.05, 3.63) is 65.7 Å². The molecule has 1 N–H and O–H groups in total. The molecule has 2 aromatic heterocycles. The molecule has 3 heterocycles. The van der Waals surface area contributed by atoms with E-state index in [2.05, 4.69) is 20.6 Å². The zero-order valence-corrected chi connectivity index (χ0v) is 18.6. The first-order valence-electron chi connectivity index (χ1n) is 10.1. The van der Waals surface area contributed by atoms with Gasteiger partial charge in [-0.05, 0) is 24.4 Å². The zero-order valence-electron chi connectivity index (χ0n) is 17.7. The van der Waals surface area contributed by atoms with Crippen LogP contribution in [0.1, 0.15) is 16.1 Å². The second-order valence-electron chi connectivity index (χ2n) is 7.28. The molecule has 4 rings (SSSR count). The molecular weight excluding hydrogens is 452 g/mol. The smallest absolute Gasteiger partial charge is 0.256 e. The summed E-state index contributed by atoms with van der Waals surface area (Å²) in [5.41, 5.74) is 1.08. The van der Waals surface area contributed by atoms with Crippen LogP contribution in [0.25, 0.3) is 5.69 Å². The maximum atomic E-state index is 14.9. The minimum absolute atomic E-state index is 0.125. The quantitative estimate of drug-likeness (QED) is 0.563. The topological polar surface area (TPSA) is 88.4 Å². The Bertz CT molecular complexity index is 1130. The Morgan fingerprint density at radius 3 is 2.58 bits per heavy atom. The summed E-state index contributed by atoms with van der Waals surface area (Å²) in [4.78, 5) is 19.8. The molecule has 0 radical (unpaired) electrons. The Kier molecular flexibility index (Phi) is 6.73. The third-order valence-electron chi connectivity index (χ3n) is 5.20. The number of carbonyl (C=O) groups is 1. The number of pyridine rings is 1. The Balaban J connectivity index is 1.44. The van der Waals surface area contributed by atoms with Crippen LogP contribution in [-0.2, 0) is 11.3 Å². The van der Waals surface area contributed by atoms with Gasteiger partial charge in [0.1, 0.15) is 11.4 Å². The van der Waals surface area contributed by atoms with E-state index in [1.807, 2.05) is 0 Å². The van der Waals surface area contributed by atoms with E-state index in [1.54, 1.807) is 34.3 Å². The van der Waals surface area contributed by atoms with E-state index in [0.29, 0.717) is 37.4 Å². The highest BCUT2D eigenvalue weighted by molar-refractivity contribution is 7.80. The summed E-state index contributed by atoms with van der Waals surface area (Å²) in [6.07, 6.45) is 4.64. The van der Waals surface area contributed by atoms with Gasteiger partial charge >= 0.3 is 0 Å². The number of benzene rings is 1. The number of piperazine rings is 1. The third-order valence-corrected chi connectivity index (χ3v) is 5.51.